The Hall–Kier alpha value is -0.720. The van der Waals surface area contributed by atoms with Crippen LogP contribution in [-0.4, -0.2) is 7.05 Å². The molecule has 0 heterocycles. The summed E-state index contributed by atoms with van der Waals surface area (Å²) in [5.74, 6) is 0.724. The third-order valence-corrected chi connectivity index (χ3v) is 1.60. The molecule has 1 aliphatic carbocycles. The summed E-state index contributed by atoms with van der Waals surface area (Å²) in [6.45, 7) is 2.22. The molecule has 0 saturated heterocycles. The minimum Gasteiger partial charge on any atom is -0.388 e. The Balaban J connectivity index is 2.52. The van der Waals surface area contributed by atoms with E-state index in [-0.39, 0.29) is 0 Å². The van der Waals surface area contributed by atoms with E-state index in [4.69, 9.17) is 0 Å². The van der Waals surface area contributed by atoms with Crippen molar-refractivity contribution in [2.24, 2.45) is 5.92 Å². The van der Waals surface area contributed by atoms with Gasteiger partial charge in [-0.1, -0.05) is 19.1 Å². The Kier molecular flexibility index (Phi) is 1.93. The van der Waals surface area contributed by atoms with Crippen LogP contribution < -0.4 is 5.32 Å². The van der Waals surface area contributed by atoms with E-state index in [1.54, 1.807) is 0 Å². The van der Waals surface area contributed by atoms with Crippen molar-refractivity contribution in [2.45, 2.75) is 13.3 Å². The molecule has 0 saturated carbocycles. The Labute approximate surface area is 56.5 Å². The fraction of sp³-hybridized carbons (Fsp3) is 0.500. The molecule has 1 N–H and O–H groups in total. The van der Waals surface area contributed by atoms with Crippen molar-refractivity contribution in [1.82, 2.24) is 5.32 Å². The van der Waals surface area contributed by atoms with E-state index < -0.39 is 0 Å². The molecule has 0 aromatic rings. The van der Waals surface area contributed by atoms with E-state index in [9.17, 15) is 0 Å². The van der Waals surface area contributed by atoms with Crippen molar-refractivity contribution in [3.05, 3.63) is 23.9 Å². The van der Waals surface area contributed by atoms with Crippen LogP contribution in [0.4, 0.5) is 0 Å². The van der Waals surface area contributed by atoms with Crippen LogP contribution in [0.15, 0.2) is 23.9 Å². The summed E-state index contributed by atoms with van der Waals surface area (Å²) >= 11 is 0. The zero-order valence-electron chi connectivity index (χ0n) is 6.02. The summed E-state index contributed by atoms with van der Waals surface area (Å²) in [6.07, 6.45) is 7.76. The van der Waals surface area contributed by atoms with Gasteiger partial charge in [-0.3, -0.25) is 0 Å². The van der Waals surface area contributed by atoms with E-state index in [2.05, 4.69) is 30.5 Å². The molecular weight excluding hydrogens is 110 g/mol. The average molecular weight is 123 g/mol. The molecule has 50 valence electrons. The third-order valence-electron chi connectivity index (χ3n) is 1.60. The molecule has 0 spiro atoms. The van der Waals surface area contributed by atoms with Crippen LogP contribution in [0.5, 0.6) is 0 Å². The maximum atomic E-state index is 3.10. The topological polar surface area (TPSA) is 12.0 Å². The standard InChI is InChI=1S/C8H13N/c1-7-3-5-8(9-2)6-4-7/h3,5-7,9H,4H2,1-2H3. The number of hydrogen-bond donors (Lipinski definition) is 1. The second-order valence-corrected chi connectivity index (χ2v) is 2.48. The molecular formula is C8H13N. The van der Waals surface area contributed by atoms with Gasteiger partial charge in [0.25, 0.3) is 0 Å². The maximum absolute atomic E-state index is 3.10. The lowest BCUT2D eigenvalue weighted by Gasteiger charge is -2.10. The quantitative estimate of drug-likeness (QED) is 0.559. The molecule has 0 amide bonds. The van der Waals surface area contributed by atoms with E-state index in [1.165, 1.54) is 12.1 Å². The SMILES string of the molecule is CNC1=CCC(C)C=C1. The van der Waals surface area contributed by atoms with Crippen molar-refractivity contribution in [1.29, 1.82) is 0 Å². The first-order chi connectivity index (χ1) is 4.33. The Morgan fingerprint density at radius 2 is 2.44 bits per heavy atom. The van der Waals surface area contributed by atoms with Crippen LogP contribution >= 0.6 is 0 Å². The fourth-order valence-corrected chi connectivity index (χ4v) is 0.913. The molecule has 0 aliphatic heterocycles. The molecule has 1 rings (SSSR count). The van der Waals surface area contributed by atoms with Crippen molar-refractivity contribution >= 4 is 0 Å². The summed E-state index contributed by atoms with van der Waals surface area (Å²) in [5.41, 5.74) is 1.24. The minimum absolute atomic E-state index is 0.724. The van der Waals surface area contributed by atoms with Gasteiger partial charge in [-0.25, -0.2) is 0 Å². The predicted octanol–water partition coefficient (Wildman–Crippen LogP) is 1.69. The summed E-state index contributed by atoms with van der Waals surface area (Å²) in [6, 6.07) is 0. The van der Waals surface area contributed by atoms with Crippen molar-refractivity contribution in [3.63, 3.8) is 0 Å². The van der Waals surface area contributed by atoms with Crippen LogP contribution in [0.1, 0.15) is 13.3 Å². The summed E-state index contributed by atoms with van der Waals surface area (Å²) < 4.78 is 0. The van der Waals surface area contributed by atoms with Gasteiger partial charge in [0, 0.05) is 12.7 Å². The molecule has 0 bridgehead atoms. The number of hydrogen-bond acceptors (Lipinski definition) is 1. The lowest BCUT2D eigenvalue weighted by Crippen LogP contribution is -2.06. The van der Waals surface area contributed by atoms with Gasteiger partial charge in [0.15, 0.2) is 0 Å². The van der Waals surface area contributed by atoms with Crippen molar-refractivity contribution < 1.29 is 0 Å². The first-order valence-electron chi connectivity index (χ1n) is 3.39. The Morgan fingerprint density at radius 1 is 1.67 bits per heavy atom. The van der Waals surface area contributed by atoms with Gasteiger partial charge in [0.1, 0.15) is 0 Å². The summed E-state index contributed by atoms with van der Waals surface area (Å²) in [4.78, 5) is 0. The Morgan fingerprint density at radius 3 is 2.89 bits per heavy atom. The highest BCUT2D eigenvalue weighted by Gasteiger charge is 1.99. The first kappa shape index (κ1) is 6.40. The van der Waals surface area contributed by atoms with Gasteiger partial charge in [-0.15, -0.1) is 0 Å². The number of rotatable bonds is 1. The lowest BCUT2D eigenvalue weighted by molar-refractivity contribution is 0.722. The normalized spacial score (nSPS) is 25.6. The highest BCUT2D eigenvalue weighted by atomic mass is 14.8. The minimum atomic E-state index is 0.724. The summed E-state index contributed by atoms with van der Waals surface area (Å²) in [5, 5.41) is 3.10. The molecule has 1 atom stereocenters. The second kappa shape index (κ2) is 2.72. The monoisotopic (exact) mass is 123 g/mol. The Bertz CT molecular complexity index is 145. The molecule has 1 heteroatoms. The van der Waals surface area contributed by atoms with Crippen LogP contribution in [0.3, 0.4) is 0 Å². The molecule has 0 radical (unpaired) electrons. The van der Waals surface area contributed by atoms with Gasteiger partial charge in [-0.2, -0.15) is 0 Å². The number of likely N-dealkylation sites (N-methyl/N-ethyl adjacent to an activating group) is 1. The highest BCUT2D eigenvalue weighted by Crippen LogP contribution is 2.12. The van der Waals surface area contributed by atoms with Crippen molar-refractivity contribution in [2.75, 3.05) is 7.05 Å². The fourth-order valence-electron chi connectivity index (χ4n) is 0.913. The predicted molar refractivity (Wildman–Crippen MR) is 40.1 cm³/mol. The molecule has 1 nitrogen and oxygen atoms in total. The molecule has 0 fully saturated rings. The van der Waals surface area contributed by atoms with Crippen LogP contribution in [-0.2, 0) is 0 Å². The molecule has 9 heavy (non-hydrogen) atoms. The summed E-state index contributed by atoms with van der Waals surface area (Å²) in [7, 11) is 1.95. The van der Waals surface area contributed by atoms with Gasteiger partial charge < -0.3 is 5.32 Å². The van der Waals surface area contributed by atoms with Crippen LogP contribution in [0.25, 0.3) is 0 Å². The molecule has 1 unspecified atom stereocenters. The largest absolute Gasteiger partial charge is 0.388 e. The van der Waals surface area contributed by atoms with Gasteiger partial charge in [0.2, 0.25) is 0 Å². The van der Waals surface area contributed by atoms with E-state index in [0.717, 1.165) is 5.92 Å². The number of nitrogens with one attached hydrogen (secondary N) is 1. The van der Waals surface area contributed by atoms with Crippen molar-refractivity contribution in [3.8, 4) is 0 Å². The first-order valence-corrected chi connectivity index (χ1v) is 3.39. The smallest absolute Gasteiger partial charge is 0.0294 e. The van der Waals surface area contributed by atoms with E-state index in [0.29, 0.717) is 0 Å². The van der Waals surface area contributed by atoms with E-state index in [1.807, 2.05) is 7.05 Å². The van der Waals surface area contributed by atoms with Crippen LogP contribution in [0.2, 0.25) is 0 Å². The lowest BCUT2D eigenvalue weighted by atomic mass is 10.0. The highest BCUT2D eigenvalue weighted by molar-refractivity contribution is 5.20. The zero-order valence-corrected chi connectivity index (χ0v) is 6.02. The van der Waals surface area contributed by atoms with Crippen LogP contribution in [0, 0.1) is 5.92 Å². The van der Waals surface area contributed by atoms with Gasteiger partial charge in [0.05, 0.1) is 0 Å². The van der Waals surface area contributed by atoms with E-state index >= 15 is 0 Å². The molecule has 0 aromatic heterocycles. The average Bonchev–Trinajstić information content (AvgIpc) is 1.90. The van der Waals surface area contributed by atoms with Gasteiger partial charge in [-0.05, 0) is 18.4 Å². The molecule has 0 aromatic carbocycles. The second-order valence-electron chi connectivity index (χ2n) is 2.48. The molecule has 1 aliphatic rings. The third kappa shape index (κ3) is 1.60. The maximum Gasteiger partial charge on any atom is 0.0294 e. The van der Waals surface area contributed by atoms with Gasteiger partial charge >= 0.3 is 0 Å². The number of allylic oxidation sites excluding steroid dienone is 3. The zero-order chi connectivity index (χ0) is 6.69.